The van der Waals surface area contributed by atoms with Gasteiger partial charge in [-0.15, -0.1) is 0 Å². The molecule has 0 radical (unpaired) electrons. The predicted molar refractivity (Wildman–Crippen MR) is 140 cm³/mol. The number of halogens is 1. The molecule has 0 spiro atoms. The summed E-state index contributed by atoms with van der Waals surface area (Å²) in [6, 6.07) is 22.8. The van der Waals surface area contributed by atoms with Crippen LogP contribution in [0.1, 0.15) is 18.1 Å². The summed E-state index contributed by atoms with van der Waals surface area (Å²) in [6.45, 7) is 2.94. The molecule has 0 fully saturated rings. The number of benzene rings is 3. The highest BCUT2D eigenvalue weighted by Crippen LogP contribution is 2.38. The Morgan fingerprint density at radius 1 is 0.971 bits per heavy atom. The Balaban J connectivity index is 1.70. The van der Waals surface area contributed by atoms with Crippen LogP contribution in [0, 0.1) is 0 Å². The summed E-state index contributed by atoms with van der Waals surface area (Å²) >= 11 is 6.13. The van der Waals surface area contributed by atoms with E-state index in [0.29, 0.717) is 28.5 Å². The molecule has 3 aromatic carbocycles. The maximum Gasteiger partial charge on any atom is 0.258 e. The highest BCUT2D eigenvalue weighted by atomic mass is 35.5. The van der Waals surface area contributed by atoms with Crippen molar-refractivity contribution < 1.29 is 9.59 Å². The Morgan fingerprint density at radius 3 is 2.32 bits per heavy atom. The molecule has 0 bridgehead atoms. The van der Waals surface area contributed by atoms with Crippen molar-refractivity contribution in [1.82, 2.24) is 4.90 Å². The maximum atomic E-state index is 13.0. The summed E-state index contributed by atoms with van der Waals surface area (Å²) in [4.78, 5) is 29.0. The third-order valence-corrected chi connectivity index (χ3v) is 5.87. The fraction of sp³-hybridized carbons (Fsp3) is 0.185. The van der Waals surface area contributed by atoms with E-state index in [4.69, 9.17) is 11.6 Å². The highest BCUT2D eigenvalue weighted by Gasteiger charge is 2.28. The van der Waals surface area contributed by atoms with Gasteiger partial charge in [-0.05, 0) is 56.1 Å². The number of likely N-dealkylation sites (N-methyl/N-ethyl adjacent to an activating group) is 1. The topological polar surface area (TPSA) is 64.7 Å². The maximum absolute atomic E-state index is 13.0. The minimum Gasteiger partial charge on any atom is -0.354 e. The van der Waals surface area contributed by atoms with Crippen molar-refractivity contribution in [2.24, 2.45) is 0 Å². The molecule has 2 N–H and O–H groups in total. The molecule has 6 nitrogen and oxygen atoms in total. The van der Waals surface area contributed by atoms with Crippen LogP contribution in [0.15, 0.2) is 72.8 Å². The quantitative estimate of drug-likeness (QED) is 0.463. The number of fused-ring (bicyclic) bond motifs is 1. The number of hydrogen-bond donors (Lipinski definition) is 2. The third-order valence-electron chi connectivity index (χ3n) is 5.64. The molecule has 0 aromatic heterocycles. The third kappa shape index (κ3) is 5.14. The Hall–Kier alpha value is -3.61. The summed E-state index contributed by atoms with van der Waals surface area (Å²) in [5, 5.41) is 6.92. The molecule has 1 aliphatic rings. The molecular formula is C27H27ClN4O2. The van der Waals surface area contributed by atoms with Gasteiger partial charge in [0.2, 0.25) is 5.91 Å². The largest absolute Gasteiger partial charge is 0.354 e. The second-order valence-electron chi connectivity index (χ2n) is 8.41. The Kier molecular flexibility index (Phi) is 7.01. The van der Waals surface area contributed by atoms with Gasteiger partial charge in [0.15, 0.2) is 0 Å². The van der Waals surface area contributed by atoms with E-state index in [1.54, 1.807) is 24.0 Å². The van der Waals surface area contributed by atoms with Crippen molar-refractivity contribution in [3.8, 4) is 0 Å². The van der Waals surface area contributed by atoms with E-state index < -0.39 is 0 Å². The summed E-state index contributed by atoms with van der Waals surface area (Å²) in [7, 11) is 3.96. The average molecular weight is 475 g/mol. The minimum atomic E-state index is -0.188. The lowest BCUT2D eigenvalue weighted by atomic mass is 10.00. The average Bonchev–Trinajstić information content (AvgIpc) is 3.13. The van der Waals surface area contributed by atoms with Gasteiger partial charge in [-0.2, -0.15) is 0 Å². The van der Waals surface area contributed by atoms with E-state index in [0.717, 1.165) is 29.0 Å². The van der Waals surface area contributed by atoms with E-state index >= 15 is 0 Å². The van der Waals surface area contributed by atoms with Crippen LogP contribution in [-0.2, 0) is 9.59 Å². The molecule has 0 saturated carbocycles. The van der Waals surface area contributed by atoms with Crippen LogP contribution in [0.25, 0.3) is 11.3 Å². The van der Waals surface area contributed by atoms with E-state index in [1.807, 2.05) is 79.7 Å². The van der Waals surface area contributed by atoms with Gasteiger partial charge in [0.1, 0.15) is 0 Å². The molecule has 0 unspecified atom stereocenters. The SMILES string of the molecule is CC(=O)N(CCN(C)C)c1ccc(NC(=C2C(=O)Nc3cc(Cl)ccc32)c2ccccc2)cc1. The Morgan fingerprint density at radius 2 is 1.68 bits per heavy atom. The van der Waals surface area contributed by atoms with Crippen LogP contribution in [0.2, 0.25) is 5.02 Å². The fourth-order valence-corrected chi connectivity index (χ4v) is 4.09. The van der Waals surface area contributed by atoms with Crippen LogP contribution >= 0.6 is 11.6 Å². The Bertz CT molecular complexity index is 1240. The molecular weight excluding hydrogens is 448 g/mol. The van der Waals surface area contributed by atoms with E-state index in [-0.39, 0.29) is 11.8 Å². The van der Waals surface area contributed by atoms with Crippen molar-refractivity contribution in [1.29, 1.82) is 0 Å². The second kappa shape index (κ2) is 10.1. The first-order valence-electron chi connectivity index (χ1n) is 11.0. The van der Waals surface area contributed by atoms with E-state index in [1.165, 1.54) is 0 Å². The van der Waals surface area contributed by atoms with Gasteiger partial charge in [-0.1, -0.05) is 48.0 Å². The van der Waals surface area contributed by atoms with Crippen LogP contribution in [0.3, 0.4) is 0 Å². The van der Waals surface area contributed by atoms with E-state index in [2.05, 4.69) is 10.6 Å². The van der Waals surface area contributed by atoms with Crippen LogP contribution in [-0.4, -0.2) is 43.9 Å². The molecule has 34 heavy (non-hydrogen) atoms. The van der Waals surface area contributed by atoms with Crippen LogP contribution < -0.4 is 15.5 Å². The summed E-state index contributed by atoms with van der Waals surface area (Å²) < 4.78 is 0. The normalized spacial score (nSPS) is 14.0. The number of hydrogen-bond acceptors (Lipinski definition) is 4. The Labute approximate surface area is 204 Å². The molecule has 1 heterocycles. The number of nitrogens with zero attached hydrogens (tertiary/aromatic N) is 2. The first-order chi connectivity index (χ1) is 16.3. The molecule has 3 aromatic rings. The molecule has 7 heteroatoms. The van der Waals surface area contributed by atoms with Gasteiger partial charge in [-0.25, -0.2) is 0 Å². The molecule has 0 aliphatic carbocycles. The number of amides is 2. The van der Waals surface area contributed by atoms with Crippen molar-refractivity contribution in [3.05, 3.63) is 88.9 Å². The zero-order valence-corrected chi connectivity index (χ0v) is 20.2. The lowest BCUT2D eigenvalue weighted by Crippen LogP contribution is -2.35. The monoisotopic (exact) mass is 474 g/mol. The molecule has 1 aliphatic heterocycles. The van der Waals surface area contributed by atoms with Crippen molar-refractivity contribution in [2.45, 2.75) is 6.92 Å². The lowest BCUT2D eigenvalue weighted by molar-refractivity contribution is -0.116. The molecule has 0 atom stereocenters. The second-order valence-corrected chi connectivity index (χ2v) is 8.84. The number of carbonyl (C=O) groups is 2. The summed E-state index contributed by atoms with van der Waals surface area (Å²) in [6.07, 6.45) is 0. The van der Waals surface area contributed by atoms with Gasteiger partial charge >= 0.3 is 0 Å². The highest BCUT2D eigenvalue weighted by molar-refractivity contribution is 6.38. The molecule has 4 rings (SSSR count). The zero-order chi connectivity index (χ0) is 24.2. The summed E-state index contributed by atoms with van der Waals surface area (Å²) in [5.74, 6) is -0.195. The predicted octanol–water partition coefficient (Wildman–Crippen LogP) is 5.19. The molecule has 174 valence electrons. The van der Waals surface area contributed by atoms with Gasteiger partial charge in [0.05, 0.1) is 17.0 Å². The molecule has 2 amide bonds. The number of carbonyl (C=O) groups excluding carboxylic acids is 2. The van der Waals surface area contributed by atoms with Gasteiger partial charge < -0.3 is 20.4 Å². The first kappa shape index (κ1) is 23.5. The van der Waals surface area contributed by atoms with E-state index in [9.17, 15) is 9.59 Å². The smallest absolute Gasteiger partial charge is 0.258 e. The number of nitrogens with one attached hydrogen (secondary N) is 2. The standard InChI is InChI=1S/C27H27ClN4O2/c1-18(33)32(16-15-31(2)3)22-12-10-21(11-13-22)29-26(19-7-5-4-6-8-19)25-23-14-9-20(28)17-24(23)30-27(25)34/h4-14,17,29H,15-16H2,1-3H3,(H,30,34). The van der Waals surface area contributed by atoms with Crippen LogP contribution in [0.4, 0.5) is 17.1 Å². The van der Waals surface area contributed by atoms with Crippen molar-refractivity contribution >= 4 is 51.7 Å². The number of anilines is 3. The van der Waals surface area contributed by atoms with Crippen molar-refractivity contribution in [2.75, 3.05) is 42.7 Å². The minimum absolute atomic E-state index is 0.00690. The fourth-order valence-electron chi connectivity index (χ4n) is 3.91. The first-order valence-corrected chi connectivity index (χ1v) is 11.4. The lowest BCUT2D eigenvalue weighted by Gasteiger charge is -2.23. The van der Waals surface area contributed by atoms with Gasteiger partial charge in [-0.3, -0.25) is 9.59 Å². The number of rotatable bonds is 7. The molecule has 0 saturated heterocycles. The zero-order valence-electron chi connectivity index (χ0n) is 19.4. The summed E-state index contributed by atoms with van der Waals surface area (Å²) in [5.41, 5.74) is 5.26. The van der Waals surface area contributed by atoms with Gasteiger partial charge in [0, 0.05) is 42.0 Å². The van der Waals surface area contributed by atoms with Crippen LogP contribution in [0.5, 0.6) is 0 Å². The van der Waals surface area contributed by atoms with Crippen molar-refractivity contribution in [3.63, 3.8) is 0 Å². The van der Waals surface area contributed by atoms with Gasteiger partial charge in [0.25, 0.3) is 5.91 Å².